The molecule has 9 nitrogen and oxygen atoms in total. The Kier molecular flexibility index (Phi) is 5.62. The topological polar surface area (TPSA) is 98.4 Å². The SMILES string of the molecule is COc1ccc(-n2nc(C3CCNCC3)cc2NC(=O)c2cnn3cc(Br)cnc23)cc1. The summed E-state index contributed by atoms with van der Waals surface area (Å²) in [6, 6.07) is 9.55. The van der Waals surface area contributed by atoms with Crippen molar-refractivity contribution in [2.75, 3.05) is 25.5 Å². The number of anilines is 1. The van der Waals surface area contributed by atoms with Crippen molar-refractivity contribution in [3.63, 3.8) is 0 Å². The van der Waals surface area contributed by atoms with Gasteiger partial charge in [-0.15, -0.1) is 0 Å². The number of benzene rings is 1. The van der Waals surface area contributed by atoms with E-state index in [1.165, 1.54) is 6.20 Å². The standard InChI is InChI=1S/C22H22BrN7O2/c1-32-17-4-2-16(3-5-17)30-20(10-19(28-30)14-6-8-24-9-7-14)27-22(31)18-12-26-29-13-15(23)11-25-21(18)29/h2-5,10-14,24H,6-9H2,1H3,(H,27,31). The molecule has 4 aromatic rings. The molecule has 3 aromatic heterocycles. The van der Waals surface area contributed by atoms with Crippen molar-refractivity contribution < 1.29 is 9.53 Å². The zero-order valence-electron chi connectivity index (χ0n) is 17.5. The van der Waals surface area contributed by atoms with E-state index in [0.29, 0.717) is 22.9 Å². The molecule has 0 radical (unpaired) electrons. The smallest absolute Gasteiger partial charge is 0.262 e. The first-order valence-corrected chi connectivity index (χ1v) is 11.2. The van der Waals surface area contributed by atoms with E-state index in [-0.39, 0.29) is 5.91 Å². The van der Waals surface area contributed by atoms with Crippen LogP contribution >= 0.6 is 15.9 Å². The maximum atomic E-state index is 13.2. The second kappa shape index (κ2) is 8.71. The number of hydrogen-bond donors (Lipinski definition) is 2. The van der Waals surface area contributed by atoms with E-state index in [0.717, 1.165) is 47.5 Å². The molecule has 1 aliphatic rings. The maximum absolute atomic E-state index is 13.2. The summed E-state index contributed by atoms with van der Waals surface area (Å²) in [5.41, 5.74) is 2.69. The molecule has 0 spiro atoms. The number of hydrogen-bond acceptors (Lipinski definition) is 6. The normalized spacial score (nSPS) is 14.6. The van der Waals surface area contributed by atoms with Gasteiger partial charge >= 0.3 is 0 Å². The lowest BCUT2D eigenvalue weighted by Crippen LogP contribution is -2.26. The Morgan fingerprint density at radius 3 is 2.75 bits per heavy atom. The third kappa shape index (κ3) is 3.98. The van der Waals surface area contributed by atoms with Crippen molar-refractivity contribution in [2.45, 2.75) is 18.8 Å². The highest BCUT2D eigenvalue weighted by atomic mass is 79.9. The fourth-order valence-electron chi connectivity index (χ4n) is 3.92. The minimum atomic E-state index is -0.290. The van der Waals surface area contributed by atoms with Gasteiger partial charge in [-0.3, -0.25) is 4.79 Å². The number of carbonyl (C=O) groups is 1. The largest absolute Gasteiger partial charge is 0.497 e. The van der Waals surface area contributed by atoms with E-state index in [2.05, 4.69) is 36.6 Å². The maximum Gasteiger partial charge on any atom is 0.262 e. The Bertz CT molecular complexity index is 1260. The van der Waals surface area contributed by atoms with E-state index >= 15 is 0 Å². The Hall–Kier alpha value is -3.24. The molecule has 0 unspecified atom stereocenters. The summed E-state index contributed by atoms with van der Waals surface area (Å²) in [4.78, 5) is 17.5. The lowest BCUT2D eigenvalue weighted by molar-refractivity contribution is 0.102. The highest BCUT2D eigenvalue weighted by Gasteiger charge is 2.23. The first kappa shape index (κ1) is 20.7. The average molecular weight is 496 g/mol. The van der Waals surface area contributed by atoms with Gasteiger partial charge in [0.15, 0.2) is 5.65 Å². The number of aromatic nitrogens is 5. The molecule has 0 aliphatic carbocycles. The van der Waals surface area contributed by atoms with Crippen molar-refractivity contribution in [3.05, 3.63) is 64.7 Å². The predicted octanol–water partition coefficient (Wildman–Crippen LogP) is 3.41. The predicted molar refractivity (Wildman–Crippen MR) is 124 cm³/mol. The van der Waals surface area contributed by atoms with Gasteiger partial charge in [0.05, 0.1) is 29.2 Å². The Labute approximate surface area is 192 Å². The first-order chi connectivity index (χ1) is 15.6. The molecule has 164 valence electrons. The fraction of sp³-hybridized carbons (Fsp3) is 0.273. The van der Waals surface area contributed by atoms with Crippen LogP contribution in [0.5, 0.6) is 5.75 Å². The highest BCUT2D eigenvalue weighted by Crippen LogP contribution is 2.29. The number of amides is 1. The lowest BCUT2D eigenvalue weighted by atomic mass is 9.95. The number of methoxy groups -OCH3 is 1. The number of piperidine rings is 1. The Balaban J connectivity index is 1.50. The van der Waals surface area contributed by atoms with Gasteiger partial charge in [0.1, 0.15) is 17.1 Å². The van der Waals surface area contributed by atoms with E-state index in [1.807, 2.05) is 30.3 Å². The van der Waals surface area contributed by atoms with Crippen LogP contribution in [0.25, 0.3) is 11.3 Å². The van der Waals surface area contributed by atoms with Crippen molar-refractivity contribution in [1.82, 2.24) is 29.7 Å². The van der Waals surface area contributed by atoms with Crippen molar-refractivity contribution in [3.8, 4) is 11.4 Å². The number of nitrogens with zero attached hydrogens (tertiary/aromatic N) is 5. The summed E-state index contributed by atoms with van der Waals surface area (Å²) >= 11 is 3.37. The van der Waals surface area contributed by atoms with Crippen molar-refractivity contribution in [2.24, 2.45) is 0 Å². The van der Waals surface area contributed by atoms with Crippen LogP contribution in [0.1, 0.15) is 34.8 Å². The average Bonchev–Trinajstić information content (AvgIpc) is 3.44. The molecule has 1 amide bonds. The molecular formula is C22H22BrN7O2. The zero-order valence-corrected chi connectivity index (χ0v) is 19.0. The molecule has 5 rings (SSSR count). The van der Waals surface area contributed by atoms with Gasteiger partial charge in [-0.25, -0.2) is 14.2 Å². The van der Waals surface area contributed by atoms with E-state index in [9.17, 15) is 4.79 Å². The van der Waals surface area contributed by atoms with Gasteiger partial charge in [0, 0.05) is 24.4 Å². The number of carbonyl (C=O) groups excluding carboxylic acids is 1. The van der Waals surface area contributed by atoms with Gasteiger partial charge in [-0.2, -0.15) is 10.2 Å². The van der Waals surface area contributed by atoms with Gasteiger partial charge in [-0.05, 0) is 66.1 Å². The molecule has 32 heavy (non-hydrogen) atoms. The minimum absolute atomic E-state index is 0.290. The Morgan fingerprint density at radius 1 is 1.22 bits per heavy atom. The second-order valence-electron chi connectivity index (χ2n) is 7.64. The van der Waals surface area contributed by atoms with Crippen LogP contribution in [0.4, 0.5) is 5.82 Å². The van der Waals surface area contributed by atoms with Crippen LogP contribution in [-0.4, -0.2) is 50.5 Å². The van der Waals surface area contributed by atoms with Crippen LogP contribution in [0.2, 0.25) is 0 Å². The van der Waals surface area contributed by atoms with Crippen molar-refractivity contribution >= 4 is 33.3 Å². The molecule has 10 heteroatoms. The van der Waals surface area contributed by atoms with E-state index in [4.69, 9.17) is 9.84 Å². The molecule has 0 saturated carbocycles. The van der Waals surface area contributed by atoms with Crippen LogP contribution < -0.4 is 15.4 Å². The van der Waals surface area contributed by atoms with Gasteiger partial charge < -0.3 is 15.4 Å². The molecular weight excluding hydrogens is 474 g/mol. The lowest BCUT2D eigenvalue weighted by Gasteiger charge is -2.20. The minimum Gasteiger partial charge on any atom is -0.497 e. The molecule has 1 aromatic carbocycles. The molecule has 2 N–H and O–H groups in total. The highest BCUT2D eigenvalue weighted by molar-refractivity contribution is 9.10. The zero-order chi connectivity index (χ0) is 22.1. The molecule has 0 bridgehead atoms. The summed E-state index contributed by atoms with van der Waals surface area (Å²) < 4.78 is 9.39. The van der Waals surface area contributed by atoms with Crippen LogP contribution in [0, 0.1) is 0 Å². The summed E-state index contributed by atoms with van der Waals surface area (Å²) in [6.07, 6.45) is 6.95. The summed E-state index contributed by atoms with van der Waals surface area (Å²) in [6.45, 7) is 1.93. The van der Waals surface area contributed by atoms with Crippen LogP contribution in [-0.2, 0) is 0 Å². The van der Waals surface area contributed by atoms with Gasteiger partial charge in [0.25, 0.3) is 5.91 Å². The van der Waals surface area contributed by atoms with Crippen LogP contribution in [0.15, 0.2) is 53.4 Å². The number of fused-ring (bicyclic) bond motifs is 1. The second-order valence-corrected chi connectivity index (χ2v) is 8.56. The molecule has 1 fully saturated rings. The van der Waals surface area contributed by atoms with Gasteiger partial charge in [0.2, 0.25) is 0 Å². The van der Waals surface area contributed by atoms with Crippen molar-refractivity contribution in [1.29, 1.82) is 0 Å². The molecule has 1 aliphatic heterocycles. The number of halogens is 1. The van der Waals surface area contributed by atoms with E-state index in [1.54, 1.807) is 28.7 Å². The van der Waals surface area contributed by atoms with Gasteiger partial charge in [-0.1, -0.05) is 0 Å². The third-order valence-electron chi connectivity index (χ3n) is 5.61. The van der Waals surface area contributed by atoms with E-state index < -0.39 is 0 Å². The quantitative estimate of drug-likeness (QED) is 0.440. The molecule has 4 heterocycles. The Morgan fingerprint density at radius 2 is 2.00 bits per heavy atom. The van der Waals surface area contributed by atoms with Crippen LogP contribution in [0.3, 0.4) is 0 Å². The number of nitrogens with one attached hydrogen (secondary N) is 2. The number of rotatable bonds is 5. The molecule has 0 atom stereocenters. The summed E-state index contributed by atoms with van der Waals surface area (Å²) in [5.74, 6) is 1.42. The fourth-order valence-corrected chi connectivity index (χ4v) is 4.22. The third-order valence-corrected chi connectivity index (χ3v) is 6.02. The monoisotopic (exact) mass is 495 g/mol. The summed E-state index contributed by atoms with van der Waals surface area (Å²) in [7, 11) is 1.63. The number of ether oxygens (including phenoxy) is 1. The molecule has 1 saturated heterocycles. The summed E-state index contributed by atoms with van der Waals surface area (Å²) in [5, 5.41) is 15.5. The first-order valence-electron chi connectivity index (χ1n) is 10.4.